The highest BCUT2D eigenvalue weighted by Gasteiger charge is 2.23. The molecule has 1 aromatic rings. The van der Waals surface area contributed by atoms with Crippen molar-refractivity contribution < 1.29 is 24.2 Å². The molecule has 0 spiro atoms. The summed E-state index contributed by atoms with van der Waals surface area (Å²) in [5.74, 6) is 0.158. The summed E-state index contributed by atoms with van der Waals surface area (Å²) in [6, 6.07) is 7.85. The van der Waals surface area contributed by atoms with E-state index < -0.39 is 6.09 Å². The Morgan fingerprint density at radius 2 is 1.71 bits per heavy atom. The number of hydrogen-bond acceptors (Lipinski definition) is 5. The number of amides is 3. The maximum Gasteiger partial charge on any atom is 0.407 e. The molecule has 0 saturated carbocycles. The van der Waals surface area contributed by atoms with Crippen molar-refractivity contribution in [2.45, 2.75) is 83.8 Å². The largest absolute Gasteiger partial charge is 0.442 e. The van der Waals surface area contributed by atoms with Gasteiger partial charge < -0.3 is 25.4 Å². The van der Waals surface area contributed by atoms with E-state index in [1.54, 1.807) is 4.90 Å². The van der Waals surface area contributed by atoms with E-state index in [0.717, 1.165) is 49.7 Å². The fourth-order valence-electron chi connectivity index (χ4n) is 4.11. The number of rotatable bonds is 14. The maximum absolute atomic E-state index is 12.0. The minimum atomic E-state index is -0.423. The van der Waals surface area contributed by atoms with Crippen LogP contribution in [0.4, 0.5) is 4.79 Å². The van der Waals surface area contributed by atoms with Crippen LogP contribution in [0, 0.1) is 6.92 Å². The number of benzene rings is 1. The fraction of sp³-hybridized carbons (Fsp3) is 0.654. The lowest BCUT2D eigenvalue weighted by atomic mass is 10.1. The molecular formula is C26H41N3O5. The highest BCUT2D eigenvalue weighted by molar-refractivity contribution is 5.76. The van der Waals surface area contributed by atoms with Gasteiger partial charge in [0.1, 0.15) is 6.10 Å². The fourth-order valence-corrected chi connectivity index (χ4v) is 4.11. The maximum atomic E-state index is 12.0. The second kappa shape index (κ2) is 15.3. The van der Waals surface area contributed by atoms with Crippen molar-refractivity contribution in [1.29, 1.82) is 0 Å². The first-order chi connectivity index (χ1) is 16.4. The first kappa shape index (κ1) is 27.6. The molecule has 34 heavy (non-hydrogen) atoms. The van der Waals surface area contributed by atoms with E-state index in [1.807, 2.05) is 38.1 Å². The molecule has 8 nitrogen and oxygen atoms in total. The lowest BCUT2D eigenvalue weighted by Crippen LogP contribution is -2.29. The van der Waals surface area contributed by atoms with Gasteiger partial charge in [-0.1, -0.05) is 37.1 Å². The second-order valence-electron chi connectivity index (χ2n) is 9.08. The lowest BCUT2D eigenvalue weighted by Gasteiger charge is -2.16. The van der Waals surface area contributed by atoms with Crippen molar-refractivity contribution in [2.24, 2.45) is 0 Å². The molecule has 3 N–H and O–H groups in total. The molecule has 8 heteroatoms. The van der Waals surface area contributed by atoms with E-state index in [4.69, 9.17) is 4.74 Å². The number of ether oxygens (including phenoxy) is 1. The third-order valence-corrected chi connectivity index (χ3v) is 6.17. The van der Waals surface area contributed by atoms with Gasteiger partial charge in [0.15, 0.2) is 0 Å². The number of nitrogens with one attached hydrogen (secondary N) is 2. The zero-order chi connectivity index (χ0) is 24.8. The van der Waals surface area contributed by atoms with Gasteiger partial charge in [0.2, 0.25) is 11.8 Å². The molecule has 0 aliphatic carbocycles. The average molecular weight is 476 g/mol. The van der Waals surface area contributed by atoms with E-state index in [2.05, 4.69) is 10.6 Å². The van der Waals surface area contributed by atoms with E-state index in [1.165, 1.54) is 0 Å². The molecule has 1 fully saturated rings. The van der Waals surface area contributed by atoms with Gasteiger partial charge in [-0.3, -0.25) is 9.59 Å². The van der Waals surface area contributed by atoms with Gasteiger partial charge in [-0.05, 0) is 57.1 Å². The van der Waals surface area contributed by atoms with Crippen LogP contribution in [0.25, 0.3) is 0 Å². The zero-order valence-electron chi connectivity index (χ0n) is 20.7. The summed E-state index contributed by atoms with van der Waals surface area (Å²) in [4.78, 5) is 37.6. The van der Waals surface area contributed by atoms with Crippen LogP contribution < -0.4 is 10.6 Å². The zero-order valence-corrected chi connectivity index (χ0v) is 20.7. The third-order valence-electron chi connectivity index (χ3n) is 6.17. The van der Waals surface area contributed by atoms with Gasteiger partial charge in [-0.15, -0.1) is 0 Å². The number of alkyl carbamates (subject to hydrolysis) is 1. The van der Waals surface area contributed by atoms with Crippen molar-refractivity contribution in [3.05, 3.63) is 35.4 Å². The number of aryl methyl sites for hydroxylation is 1. The number of aliphatic hydroxyl groups is 1. The summed E-state index contributed by atoms with van der Waals surface area (Å²) in [7, 11) is 0. The van der Waals surface area contributed by atoms with Crippen LogP contribution in [-0.4, -0.2) is 60.2 Å². The Morgan fingerprint density at radius 1 is 1.03 bits per heavy atom. The molecule has 1 heterocycles. The Hall–Kier alpha value is -2.61. The molecular weight excluding hydrogens is 434 g/mol. The van der Waals surface area contributed by atoms with Crippen LogP contribution in [0.3, 0.4) is 0 Å². The predicted octanol–water partition coefficient (Wildman–Crippen LogP) is 3.61. The normalized spacial score (nSPS) is 16.2. The highest BCUT2D eigenvalue weighted by Crippen LogP contribution is 2.20. The minimum absolute atomic E-state index is 0.0431. The molecule has 2 atom stereocenters. The number of β-amino-alcohol motifs (C(OH)–C–C–N with tert-alkyl or cyclic N) is 1. The summed E-state index contributed by atoms with van der Waals surface area (Å²) >= 11 is 0. The lowest BCUT2D eigenvalue weighted by molar-refractivity contribution is -0.130. The molecule has 1 aromatic carbocycles. The number of carbonyl (C=O) groups is 3. The monoisotopic (exact) mass is 475 g/mol. The molecule has 190 valence electrons. The van der Waals surface area contributed by atoms with Gasteiger partial charge in [-0.25, -0.2) is 4.79 Å². The number of likely N-dealkylation sites (tertiary alicyclic amines) is 1. The number of carbonyl (C=O) groups excluding carboxylic acids is 3. The van der Waals surface area contributed by atoms with E-state index in [0.29, 0.717) is 45.4 Å². The third kappa shape index (κ3) is 10.5. The smallest absolute Gasteiger partial charge is 0.407 e. The highest BCUT2D eigenvalue weighted by atomic mass is 16.6. The van der Waals surface area contributed by atoms with Crippen molar-refractivity contribution in [1.82, 2.24) is 15.5 Å². The van der Waals surface area contributed by atoms with Crippen molar-refractivity contribution >= 4 is 17.9 Å². The molecule has 1 aliphatic rings. The molecule has 0 bridgehead atoms. The number of hydrogen-bond donors (Lipinski definition) is 3. The summed E-state index contributed by atoms with van der Waals surface area (Å²) in [5, 5.41) is 15.2. The number of aliphatic hydroxyl groups excluding tert-OH is 1. The van der Waals surface area contributed by atoms with E-state index in [9.17, 15) is 19.5 Å². The molecule has 0 radical (unpaired) electrons. The topological polar surface area (TPSA) is 108 Å². The predicted molar refractivity (Wildman–Crippen MR) is 131 cm³/mol. The Bertz CT molecular complexity index is 785. The first-order valence-electron chi connectivity index (χ1n) is 12.6. The van der Waals surface area contributed by atoms with Gasteiger partial charge in [0, 0.05) is 39.0 Å². The van der Waals surface area contributed by atoms with Crippen LogP contribution in [0.2, 0.25) is 0 Å². The van der Waals surface area contributed by atoms with E-state index in [-0.39, 0.29) is 24.0 Å². The summed E-state index contributed by atoms with van der Waals surface area (Å²) in [5.41, 5.74) is 2.09. The van der Waals surface area contributed by atoms with Crippen LogP contribution in [-0.2, 0) is 14.3 Å². The SMILES string of the molecule is Cc1ccccc1C(C)OC(=O)NCCCCCC(=O)NCCCCCC(=O)N1CC[C@@H](O)C1. The summed E-state index contributed by atoms with van der Waals surface area (Å²) < 4.78 is 5.43. The Morgan fingerprint density at radius 3 is 2.38 bits per heavy atom. The molecule has 1 unspecified atom stereocenters. The van der Waals surface area contributed by atoms with Crippen LogP contribution in [0.5, 0.6) is 0 Å². The first-order valence-corrected chi connectivity index (χ1v) is 12.6. The van der Waals surface area contributed by atoms with Gasteiger partial charge >= 0.3 is 6.09 Å². The van der Waals surface area contributed by atoms with Gasteiger partial charge in [0.05, 0.1) is 6.10 Å². The Kier molecular flexibility index (Phi) is 12.5. The van der Waals surface area contributed by atoms with Gasteiger partial charge in [-0.2, -0.15) is 0 Å². The standard InChI is InChI=1S/C26H41N3O5/c1-20-11-7-8-12-23(20)21(2)34-26(33)28-17-10-3-5-13-24(31)27-16-9-4-6-14-25(32)29-18-15-22(30)19-29/h7-8,11-12,21-22,30H,3-6,9-10,13-19H2,1-2H3,(H,27,31)(H,28,33)/t21?,22-/m1/s1. The van der Waals surface area contributed by atoms with E-state index >= 15 is 0 Å². The molecule has 0 aromatic heterocycles. The Labute approximate surface area is 203 Å². The minimum Gasteiger partial charge on any atom is -0.442 e. The molecule has 1 saturated heterocycles. The van der Waals surface area contributed by atoms with Crippen molar-refractivity contribution in [3.8, 4) is 0 Å². The molecule has 1 aliphatic heterocycles. The van der Waals surface area contributed by atoms with Gasteiger partial charge in [0.25, 0.3) is 0 Å². The van der Waals surface area contributed by atoms with Crippen molar-refractivity contribution in [3.63, 3.8) is 0 Å². The molecule has 2 rings (SSSR count). The van der Waals surface area contributed by atoms with Crippen LogP contribution in [0.1, 0.15) is 81.9 Å². The van der Waals surface area contributed by atoms with Crippen molar-refractivity contribution in [2.75, 3.05) is 26.2 Å². The Balaban J connectivity index is 1.40. The number of nitrogens with zero attached hydrogens (tertiary/aromatic N) is 1. The quantitative estimate of drug-likeness (QED) is 0.356. The summed E-state index contributed by atoms with van der Waals surface area (Å²) in [6.07, 6.45) is 5.55. The summed E-state index contributed by atoms with van der Waals surface area (Å²) in [6.45, 7) is 6.12. The van der Waals surface area contributed by atoms with Crippen LogP contribution in [0.15, 0.2) is 24.3 Å². The average Bonchev–Trinajstić information content (AvgIpc) is 3.25. The second-order valence-corrected chi connectivity index (χ2v) is 9.08. The number of unbranched alkanes of at least 4 members (excludes halogenated alkanes) is 4. The van der Waals surface area contributed by atoms with Crippen LogP contribution >= 0.6 is 0 Å². The molecule has 3 amide bonds.